The number of amides is 1. The predicted molar refractivity (Wildman–Crippen MR) is 72.9 cm³/mol. The summed E-state index contributed by atoms with van der Waals surface area (Å²) in [5.74, 6) is -2.85. The zero-order chi connectivity index (χ0) is 15.7. The molecule has 1 aromatic heterocycles. The maximum atomic E-state index is 12.3. The van der Waals surface area contributed by atoms with E-state index in [-0.39, 0.29) is 12.2 Å². The molecule has 0 aliphatic carbocycles. The van der Waals surface area contributed by atoms with E-state index in [0.717, 1.165) is 20.5 Å². The van der Waals surface area contributed by atoms with Gasteiger partial charge in [-0.05, 0) is 0 Å². The molecule has 2 rings (SSSR count). The second-order valence-electron chi connectivity index (χ2n) is 4.43. The molecule has 1 aliphatic rings. The third-order valence-corrected chi connectivity index (χ3v) is 3.01. The summed E-state index contributed by atoms with van der Waals surface area (Å²) in [6, 6.07) is 0. The lowest BCUT2D eigenvalue weighted by molar-refractivity contribution is -0.144. The Morgan fingerprint density at radius 3 is 2.57 bits per heavy atom. The van der Waals surface area contributed by atoms with Gasteiger partial charge in [-0.1, -0.05) is 6.08 Å². The van der Waals surface area contributed by atoms with Crippen LogP contribution in [-0.4, -0.2) is 44.3 Å². The van der Waals surface area contributed by atoms with Crippen molar-refractivity contribution in [3.63, 3.8) is 0 Å². The van der Waals surface area contributed by atoms with Gasteiger partial charge in [0.25, 0.3) is 5.56 Å². The normalized spacial score (nSPS) is 18.2. The van der Waals surface area contributed by atoms with Crippen molar-refractivity contribution in [2.24, 2.45) is 12.1 Å². The van der Waals surface area contributed by atoms with Crippen LogP contribution in [-0.2, 0) is 23.2 Å². The van der Waals surface area contributed by atoms with Crippen molar-refractivity contribution in [3.05, 3.63) is 39.2 Å². The van der Waals surface area contributed by atoms with Gasteiger partial charge in [-0.2, -0.15) is 10.2 Å². The molecule has 1 atom stereocenters. The lowest BCUT2D eigenvalue weighted by Crippen LogP contribution is -2.46. The lowest BCUT2D eigenvalue weighted by atomic mass is 10.00. The number of nitrogens with zero attached hydrogens (tertiary/aromatic N) is 5. The molecule has 0 aromatic carbocycles. The van der Waals surface area contributed by atoms with Crippen LogP contribution in [0, 0.1) is 0 Å². The smallest absolute Gasteiger partial charge is 0.287 e. The van der Waals surface area contributed by atoms with Crippen LogP contribution in [0.4, 0.5) is 0 Å². The van der Waals surface area contributed by atoms with E-state index >= 15 is 0 Å². The molecule has 0 fully saturated rings. The van der Waals surface area contributed by atoms with Crippen LogP contribution in [0.2, 0.25) is 0 Å². The number of carbonyl (C=O) groups excluding carboxylic acids is 2. The lowest BCUT2D eigenvalue weighted by Gasteiger charge is -2.19. The summed E-state index contributed by atoms with van der Waals surface area (Å²) in [4.78, 5) is 47.7. The van der Waals surface area contributed by atoms with Gasteiger partial charge in [-0.25, -0.2) is 14.5 Å². The van der Waals surface area contributed by atoms with Crippen molar-refractivity contribution in [3.8, 4) is 0 Å². The summed E-state index contributed by atoms with van der Waals surface area (Å²) < 4.78 is 1.82. The average Bonchev–Trinajstić information content (AvgIpc) is 2.46. The largest absolute Gasteiger partial charge is 0.347 e. The molecule has 21 heavy (non-hydrogen) atoms. The topological polar surface area (TPSA) is 107 Å². The van der Waals surface area contributed by atoms with Crippen LogP contribution in [0.15, 0.2) is 27.3 Å². The highest BCUT2D eigenvalue weighted by molar-refractivity contribution is 6.42. The number of aromatic nitrogens is 3. The first-order chi connectivity index (χ1) is 9.88. The average molecular weight is 291 g/mol. The van der Waals surface area contributed by atoms with E-state index in [1.54, 1.807) is 0 Å². The Morgan fingerprint density at radius 2 is 1.95 bits per heavy atom. The van der Waals surface area contributed by atoms with E-state index in [2.05, 4.69) is 16.8 Å². The van der Waals surface area contributed by atoms with Crippen molar-refractivity contribution < 1.29 is 9.59 Å². The molecule has 0 saturated carbocycles. The molecule has 0 N–H and O–H groups in total. The number of ketones is 1. The minimum Gasteiger partial charge on any atom is -0.287 e. The van der Waals surface area contributed by atoms with Gasteiger partial charge in [0.2, 0.25) is 5.78 Å². The highest BCUT2D eigenvalue weighted by Gasteiger charge is 2.35. The fourth-order valence-electron chi connectivity index (χ4n) is 1.91. The number of hydrogen-bond donors (Lipinski definition) is 0. The van der Waals surface area contributed by atoms with Crippen LogP contribution < -0.4 is 11.2 Å². The number of hydrogen-bond acceptors (Lipinski definition) is 6. The van der Waals surface area contributed by atoms with Gasteiger partial charge in [0, 0.05) is 26.9 Å². The van der Waals surface area contributed by atoms with Crippen LogP contribution in [0.5, 0.6) is 0 Å². The number of carbonyl (C=O) groups is 2. The Balaban J connectivity index is 2.66. The van der Waals surface area contributed by atoms with Gasteiger partial charge in [0.1, 0.15) is 11.6 Å². The number of allylic oxidation sites excluding steroid dienone is 1. The highest BCUT2D eigenvalue weighted by Crippen LogP contribution is 2.13. The summed E-state index contributed by atoms with van der Waals surface area (Å²) in [5, 5.41) is 8.41. The van der Waals surface area contributed by atoms with Gasteiger partial charge < -0.3 is 0 Å². The quantitative estimate of drug-likeness (QED) is 0.484. The molecule has 110 valence electrons. The molecule has 1 amide bonds. The molecule has 0 saturated heterocycles. The number of likely N-dealkylation sites (N-methyl/N-ethyl adjacent to an activating group) is 1. The van der Waals surface area contributed by atoms with E-state index < -0.39 is 28.9 Å². The molecular formula is C12H13N5O4. The van der Waals surface area contributed by atoms with E-state index in [1.807, 2.05) is 0 Å². The summed E-state index contributed by atoms with van der Waals surface area (Å²) in [7, 11) is 2.68. The Labute approximate surface area is 118 Å². The Morgan fingerprint density at radius 1 is 1.29 bits per heavy atom. The van der Waals surface area contributed by atoms with Crippen molar-refractivity contribution in [2.75, 3.05) is 7.05 Å². The zero-order valence-electron chi connectivity index (χ0n) is 11.5. The number of aryl methyl sites for hydroxylation is 1. The minimum atomic E-state index is -1.19. The van der Waals surface area contributed by atoms with Crippen LogP contribution in [0.3, 0.4) is 0 Å². The highest BCUT2D eigenvalue weighted by atomic mass is 16.2. The molecule has 1 unspecified atom stereocenters. The molecule has 1 aromatic rings. The summed E-state index contributed by atoms with van der Waals surface area (Å²) >= 11 is 0. The molecule has 0 bridgehead atoms. The monoisotopic (exact) mass is 291 g/mol. The van der Waals surface area contributed by atoms with Crippen LogP contribution in [0.1, 0.15) is 11.6 Å². The molecule has 0 radical (unpaired) electrons. The summed E-state index contributed by atoms with van der Waals surface area (Å²) in [6.07, 6.45) is 2.54. The van der Waals surface area contributed by atoms with Gasteiger partial charge in [0.15, 0.2) is 0 Å². The first kappa shape index (κ1) is 14.6. The molecular weight excluding hydrogens is 278 g/mol. The van der Waals surface area contributed by atoms with Crippen molar-refractivity contribution in [1.29, 1.82) is 0 Å². The first-order valence-electron chi connectivity index (χ1n) is 6.03. The first-order valence-corrected chi connectivity index (χ1v) is 6.03. The Hall–Kier alpha value is -2.84. The van der Waals surface area contributed by atoms with E-state index in [0.29, 0.717) is 0 Å². The number of Topliss-reactive ketones (excluding diaryl/α,β-unsaturated/α-hetero) is 1. The summed E-state index contributed by atoms with van der Waals surface area (Å²) in [6.45, 7) is 3.44. The third-order valence-electron chi connectivity index (χ3n) is 3.01. The molecule has 9 nitrogen and oxygen atoms in total. The fourth-order valence-corrected chi connectivity index (χ4v) is 1.91. The van der Waals surface area contributed by atoms with Crippen molar-refractivity contribution in [2.45, 2.75) is 12.5 Å². The maximum Gasteiger partial charge on any atom is 0.347 e. The standard InChI is InChI=1S/C12H13N5O4/c1-4-5-17-10(19)8(14-16(3)12(17)21)7-6-13-15(2)11(20)9(7)18/h4,6-7H,1,5H2,2-3H3. The van der Waals surface area contributed by atoms with Crippen LogP contribution >= 0.6 is 0 Å². The zero-order valence-corrected chi connectivity index (χ0v) is 11.5. The van der Waals surface area contributed by atoms with Gasteiger partial charge in [-0.3, -0.25) is 19.0 Å². The van der Waals surface area contributed by atoms with E-state index in [1.165, 1.54) is 20.2 Å². The molecule has 0 spiro atoms. The van der Waals surface area contributed by atoms with E-state index in [4.69, 9.17) is 0 Å². The SMILES string of the molecule is C=CCn1c(=O)c(C2C=NN(C)C(=O)C2=O)nn(C)c1=O. The fraction of sp³-hybridized carbons (Fsp3) is 0.333. The molecule has 9 heteroatoms. The Kier molecular flexibility index (Phi) is 3.66. The number of hydrazone groups is 1. The van der Waals surface area contributed by atoms with Gasteiger partial charge in [0.05, 0.1) is 0 Å². The van der Waals surface area contributed by atoms with Crippen molar-refractivity contribution in [1.82, 2.24) is 19.4 Å². The maximum absolute atomic E-state index is 12.3. The second-order valence-corrected chi connectivity index (χ2v) is 4.43. The molecule has 1 aliphatic heterocycles. The second kappa shape index (κ2) is 5.27. The predicted octanol–water partition coefficient (Wildman–Crippen LogP) is -1.76. The third kappa shape index (κ3) is 2.33. The molecule has 2 heterocycles. The van der Waals surface area contributed by atoms with Gasteiger partial charge in [-0.15, -0.1) is 6.58 Å². The Bertz CT molecular complexity index is 773. The van der Waals surface area contributed by atoms with Crippen LogP contribution in [0.25, 0.3) is 0 Å². The summed E-state index contributed by atoms with van der Waals surface area (Å²) in [5.41, 5.74) is -1.58. The minimum absolute atomic E-state index is 0.0209. The van der Waals surface area contributed by atoms with Crippen molar-refractivity contribution >= 4 is 17.9 Å². The van der Waals surface area contributed by atoms with E-state index in [9.17, 15) is 19.2 Å². The number of rotatable bonds is 3. The van der Waals surface area contributed by atoms with Gasteiger partial charge >= 0.3 is 11.6 Å².